The van der Waals surface area contributed by atoms with E-state index in [0.29, 0.717) is 5.92 Å². The van der Waals surface area contributed by atoms with E-state index in [-0.39, 0.29) is 10.8 Å². The molecule has 0 aromatic heterocycles. The van der Waals surface area contributed by atoms with Gasteiger partial charge < -0.3 is 5.11 Å². The summed E-state index contributed by atoms with van der Waals surface area (Å²) in [6.07, 6.45) is 13.8. The first kappa shape index (κ1) is 24.2. The summed E-state index contributed by atoms with van der Waals surface area (Å²) in [4.78, 5) is 10.9. The van der Waals surface area contributed by atoms with Crippen LogP contribution in [0.1, 0.15) is 97.3 Å². The van der Waals surface area contributed by atoms with E-state index in [1.165, 1.54) is 60.4 Å². The van der Waals surface area contributed by atoms with E-state index in [0.717, 1.165) is 5.57 Å². The van der Waals surface area contributed by atoms with E-state index in [2.05, 4.69) is 65.8 Å². The molecule has 2 nitrogen and oxygen atoms in total. The van der Waals surface area contributed by atoms with Crippen LogP contribution in [0, 0.1) is 5.92 Å². The molecule has 0 heterocycles. The smallest absolute Gasteiger partial charge is 0.328 e. The zero-order chi connectivity index (χ0) is 22.5. The van der Waals surface area contributed by atoms with Gasteiger partial charge in [0.25, 0.3) is 0 Å². The lowest BCUT2D eigenvalue weighted by Crippen LogP contribution is -2.18. The molecule has 0 atom stereocenters. The molecule has 1 aromatic carbocycles. The van der Waals surface area contributed by atoms with E-state index in [1.54, 1.807) is 0 Å². The highest BCUT2D eigenvalue weighted by molar-refractivity contribution is 5.81. The van der Waals surface area contributed by atoms with Crippen molar-refractivity contribution in [1.29, 1.82) is 0 Å². The van der Waals surface area contributed by atoms with Crippen molar-refractivity contribution >= 4 is 11.5 Å². The standard InChI is InChI=1S/C28H40O2/c1-20(16-26(29)30)12-11-15-25(21-13-9-8-10-14-21)22-17-23(27(2,3)4)19-24(18-22)28(5,6)7/h11-12,15-19,21H,8-10,13-14H2,1-7H3,(H,29,30). The van der Waals surface area contributed by atoms with Gasteiger partial charge in [-0.1, -0.05) is 97.2 Å². The third kappa shape index (κ3) is 7.00. The van der Waals surface area contributed by atoms with Gasteiger partial charge in [0.15, 0.2) is 0 Å². The monoisotopic (exact) mass is 408 g/mol. The van der Waals surface area contributed by atoms with Crippen LogP contribution in [0.2, 0.25) is 0 Å². The van der Waals surface area contributed by atoms with Crippen molar-refractivity contribution in [3.05, 3.63) is 64.8 Å². The number of carboxylic acids is 1. The largest absolute Gasteiger partial charge is 0.478 e. The van der Waals surface area contributed by atoms with Crippen LogP contribution in [0.5, 0.6) is 0 Å². The highest BCUT2D eigenvalue weighted by atomic mass is 16.4. The van der Waals surface area contributed by atoms with E-state index >= 15 is 0 Å². The summed E-state index contributed by atoms with van der Waals surface area (Å²) in [5, 5.41) is 8.96. The maximum atomic E-state index is 10.9. The molecule has 0 aliphatic heterocycles. The Morgan fingerprint density at radius 3 is 1.93 bits per heavy atom. The lowest BCUT2D eigenvalue weighted by Gasteiger charge is -2.29. The molecular formula is C28H40O2. The second-order valence-corrected chi connectivity index (χ2v) is 10.8. The van der Waals surface area contributed by atoms with Crippen LogP contribution in [0.15, 0.2) is 48.1 Å². The van der Waals surface area contributed by atoms with E-state index in [9.17, 15) is 4.79 Å². The van der Waals surface area contributed by atoms with Crippen LogP contribution in [0.3, 0.4) is 0 Å². The average molecular weight is 409 g/mol. The predicted molar refractivity (Wildman–Crippen MR) is 129 cm³/mol. The van der Waals surface area contributed by atoms with Crippen molar-refractivity contribution in [1.82, 2.24) is 0 Å². The van der Waals surface area contributed by atoms with Crippen molar-refractivity contribution in [3.8, 4) is 0 Å². The number of carboxylic acid groups (broad SMARTS) is 1. The number of hydrogen-bond acceptors (Lipinski definition) is 1. The molecule has 0 bridgehead atoms. The van der Waals surface area contributed by atoms with E-state index in [1.807, 2.05) is 19.1 Å². The molecule has 0 saturated heterocycles. The summed E-state index contributed by atoms with van der Waals surface area (Å²) in [5.74, 6) is -0.337. The van der Waals surface area contributed by atoms with Gasteiger partial charge in [0, 0.05) is 6.08 Å². The van der Waals surface area contributed by atoms with Crippen LogP contribution in [-0.4, -0.2) is 11.1 Å². The highest BCUT2D eigenvalue weighted by Crippen LogP contribution is 2.39. The lowest BCUT2D eigenvalue weighted by atomic mass is 9.75. The Balaban J connectivity index is 2.58. The predicted octanol–water partition coefficient (Wildman–Crippen LogP) is 7.83. The summed E-state index contributed by atoms with van der Waals surface area (Å²) < 4.78 is 0. The van der Waals surface area contributed by atoms with Gasteiger partial charge in [-0.2, -0.15) is 0 Å². The van der Waals surface area contributed by atoms with E-state index in [4.69, 9.17) is 5.11 Å². The van der Waals surface area contributed by atoms with Gasteiger partial charge in [0.05, 0.1) is 0 Å². The van der Waals surface area contributed by atoms with Gasteiger partial charge in [-0.15, -0.1) is 0 Å². The van der Waals surface area contributed by atoms with Crippen LogP contribution in [0.25, 0.3) is 5.57 Å². The topological polar surface area (TPSA) is 37.3 Å². The van der Waals surface area contributed by atoms with Crippen molar-refractivity contribution in [2.45, 2.75) is 91.4 Å². The Kier molecular flexibility index (Phi) is 7.91. The number of rotatable bonds is 5. The van der Waals surface area contributed by atoms with Gasteiger partial charge in [0.2, 0.25) is 0 Å². The molecule has 1 aliphatic carbocycles. The molecule has 1 saturated carbocycles. The molecule has 0 radical (unpaired) electrons. The Labute approximate surface area is 183 Å². The minimum absolute atomic E-state index is 0.0876. The van der Waals surface area contributed by atoms with Gasteiger partial charge in [-0.25, -0.2) is 4.79 Å². The summed E-state index contributed by atoms with van der Waals surface area (Å²) in [6, 6.07) is 7.13. The third-order valence-corrected chi connectivity index (χ3v) is 6.03. The Hall–Kier alpha value is -2.09. The summed E-state index contributed by atoms with van der Waals surface area (Å²) in [5.41, 5.74) is 6.39. The zero-order valence-corrected chi connectivity index (χ0v) is 20.0. The SMILES string of the molecule is CC(C=CC=C(c1cc(C(C)(C)C)cc(C(C)(C)C)c1)C1CCCCC1)=CC(=O)O. The number of aliphatic carboxylic acids is 1. The number of benzene rings is 1. The van der Waals surface area contributed by atoms with Gasteiger partial charge >= 0.3 is 5.97 Å². The first-order chi connectivity index (χ1) is 13.9. The quantitative estimate of drug-likeness (QED) is 0.398. The molecule has 0 amide bonds. The maximum Gasteiger partial charge on any atom is 0.328 e. The Bertz CT molecular complexity index is 800. The third-order valence-electron chi connectivity index (χ3n) is 6.03. The van der Waals surface area contributed by atoms with E-state index < -0.39 is 5.97 Å². The van der Waals surface area contributed by atoms with Crippen LogP contribution >= 0.6 is 0 Å². The second-order valence-electron chi connectivity index (χ2n) is 10.8. The van der Waals surface area contributed by atoms with Crippen molar-refractivity contribution in [3.63, 3.8) is 0 Å². The van der Waals surface area contributed by atoms with Crippen molar-refractivity contribution in [2.24, 2.45) is 5.92 Å². The molecule has 0 unspecified atom stereocenters. The van der Waals surface area contributed by atoms with Crippen LogP contribution in [-0.2, 0) is 15.6 Å². The fraction of sp³-hybridized carbons (Fsp3) is 0.536. The minimum Gasteiger partial charge on any atom is -0.478 e. The molecule has 1 fully saturated rings. The number of allylic oxidation sites excluding steroid dienone is 5. The zero-order valence-electron chi connectivity index (χ0n) is 20.0. The normalized spacial score (nSPS) is 17.6. The highest BCUT2D eigenvalue weighted by Gasteiger charge is 2.24. The summed E-state index contributed by atoms with van der Waals surface area (Å²) in [7, 11) is 0. The number of hydrogen-bond donors (Lipinski definition) is 1. The van der Waals surface area contributed by atoms with Gasteiger partial charge in [-0.3, -0.25) is 0 Å². The molecule has 30 heavy (non-hydrogen) atoms. The molecule has 1 aromatic rings. The van der Waals surface area contributed by atoms with Crippen LogP contribution in [0.4, 0.5) is 0 Å². The molecule has 164 valence electrons. The minimum atomic E-state index is -0.902. The van der Waals surface area contributed by atoms with Crippen LogP contribution < -0.4 is 0 Å². The number of carbonyl (C=O) groups is 1. The fourth-order valence-electron chi connectivity index (χ4n) is 4.09. The van der Waals surface area contributed by atoms with Crippen molar-refractivity contribution < 1.29 is 9.90 Å². The summed E-state index contributed by atoms with van der Waals surface area (Å²) >= 11 is 0. The van der Waals surface area contributed by atoms with Crippen molar-refractivity contribution in [2.75, 3.05) is 0 Å². The first-order valence-electron chi connectivity index (χ1n) is 11.3. The Morgan fingerprint density at radius 1 is 0.933 bits per heavy atom. The molecule has 0 spiro atoms. The molecular weight excluding hydrogens is 368 g/mol. The fourth-order valence-corrected chi connectivity index (χ4v) is 4.09. The molecule has 2 heteroatoms. The second kappa shape index (κ2) is 9.81. The maximum absolute atomic E-state index is 10.9. The molecule has 1 N–H and O–H groups in total. The van der Waals surface area contributed by atoms with Gasteiger partial charge in [-0.05, 0) is 64.3 Å². The molecule has 2 rings (SSSR count). The first-order valence-corrected chi connectivity index (χ1v) is 11.3. The summed E-state index contributed by atoms with van der Waals surface area (Å²) in [6.45, 7) is 15.5. The molecule has 1 aliphatic rings. The average Bonchev–Trinajstić information content (AvgIpc) is 2.63. The lowest BCUT2D eigenvalue weighted by molar-refractivity contribution is -0.131. The van der Waals surface area contributed by atoms with Gasteiger partial charge in [0.1, 0.15) is 0 Å². The Morgan fingerprint density at radius 2 is 1.47 bits per heavy atom.